The molecular weight excluding hydrogens is 215 g/mol. The molecule has 0 amide bonds. The van der Waals surface area contributed by atoms with Gasteiger partial charge in [0.2, 0.25) is 0 Å². The molecule has 1 N–H and O–H groups in total. The van der Waals surface area contributed by atoms with Gasteiger partial charge in [0.25, 0.3) is 0 Å². The predicted molar refractivity (Wildman–Crippen MR) is 66.3 cm³/mol. The summed E-state index contributed by atoms with van der Waals surface area (Å²) < 4.78 is 13.4. The van der Waals surface area contributed by atoms with E-state index in [2.05, 4.69) is 10.3 Å². The van der Waals surface area contributed by atoms with E-state index in [1.54, 1.807) is 12.3 Å². The van der Waals surface area contributed by atoms with Gasteiger partial charge in [-0.2, -0.15) is 0 Å². The maximum absolute atomic E-state index is 13.4. The molecule has 1 unspecified atom stereocenters. The van der Waals surface area contributed by atoms with Gasteiger partial charge in [-0.25, -0.2) is 4.39 Å². The third-order valence-electron chi connectivity index (χ3n) is 2.67. The van der Waals surface area contributed by atoms with Gasteiger partial charge in [-0.05, 0) is 49.4 Å². The van der Waals surface area contributed by atoms with Crippen LogP contribution in [0.5, 0.6) is 0 Å². The van der Waals surface area contributed by atoms with E-state index in [-0.39, 0.29) is 11.9 Å². The highest BCUT2D eigenvalue weighted by Crippen LogP contribution is 2.21. The maximum atomic E-state index is 13.4. The minimum atomic E-state index is -0.212. The standard InChI is InChI=1S/C14H15FN2/c1-10-7-11(9-12(15)8-10)14(16-2)13-5-3-4-6-17-13/h3-9,14,16H,1-2H3. The zero-order valence-corrected chi connectivity index (χ0v) is 9.94. The van der Waals surface area contributed by atoms with Crippen molar-refractivity contribution < 1.29 is 4.39 Å². The average molecular weight is 230 g/mol. The fourth-order valence-electron chi connectivity index (χ4n) is 1.96. The molecule has 0 saturated carbocycles. The first kappa shape index (κ1) is 11.7. The molecule has 0 radical (unpaired) electrons. The van der Waals surface area contributed by atoms with Gasteiger partial charge < -0.3 is 5.32 Å². The van der Waals surface area contributed by atoms with Crippen LogP contribution in [0.25, 0.3) is 0 Å². The molecule has 0 saturated heterocycles. The molecule has 1 aromatic carbocycles. The summed E-state index contributed by atoms with van der Waals surface area (Å²) in [4.78, 5) is 4.30. The van der Waals surface area contributed by atoms with Crippen molar-refractivity contribution in [1.29, 1.82) is 0 Å². The molecular formula is C14H15FN2. The summed E-state index contributed by atoms with van der Waals surface area (Å²) in [5.41, 5.74) is 2.69. The van der Waals surface area contributed by atoms with Crippen LogP contribution in [0.15, 0.2) is 42.6 Å². The van der Waals surface area contributed by atoms with Gasteiger partial charge in [0, 0.05) is 6.20 Å². The van der Waals surface area contributed by atoms with Crippen LogP contribution in [0.3, 0.4) is 0 Å². The molecule has 88 valence electrons. The van der Waals surface area contributed by atoms with Crippen molar-refractivity contribution in [1.82, 2.24) is 10.3 Å². The Morgan fingerprint density at radius 2 is 2.06 bits per heavy atom. The lowest BCUT2D eigenvalue weighted by Crippen LogP contribution is -2.19. The molecule has 0 aliphatic carbocycles. The SMILES string of the molecule is CNC(c1cc(C)cc(F)c1)c1ccccn1. The minimum absolute atomic E-state index is 0.0781. The topological polar surface area (TPSA) is 24.9 Å². The number of rotatable bonds is 3. The minimum Gasteiger partial charge on any atom is -0.308 e. The van der Waals surface area contributed by atoms with Crippen LogP contribution in [0.4, 0.5) is 4.39 Å². The molecule has 1 atom stereocenters. The van der Waals surface area contributed by atoms with E-state index < -0.39 is 0 Å². The Balaban J connectivity index is 2.42. The molecule has 2 nitrogen and oxygen atoms in total. The number of nitrogens with one attached hydrogen (secondary N) is 1. The van der Waals surface area contributed by atoms with Crippen molar-refractivity contribution in [3.05, 3.63) is 65.2 Å². The van der Waals surface area contributed by atoms with Gasteiger partial charge in [0.1, 0.15) is 5.82 Å². The second kappa shape index (κ2) is 5.06. The number of aromatic nitrogens is 1. The molecule has 0 aliphatic heterocycles. The maximum Gasteiger partial charge on any atom is 0.123 e. The number of benzene rings is 1. The van der Waals surface area contributed by atoms with Crippen molar-refractivity contribution in [2.75, 3.05) is 7.05 Å². The molecule has 0 spiro atoms. The molecule has 0 fully saturated rings. The van der Waals surface area contributed by atoms with E-state index in [4.69, 9.17) is 0 Å². The predicted octanol–water partition coefficient (Wildman–Crippen LogP) is 2.84. The Hall–Kier alpha value is -1.74. The highest BCUT2D eigenvalue weighted by Gasteiger charge is 2.13. The fourth-order valence-corrected chi connectivity index (χ4v) is 1.96. The Kier molecular flexibility index (Phi) is 3.49. The molecule has 1 heterocycles. The lowest BCUT2D eigenvalue weighted by molar-refractivity contribution is 0.612. The monoisotopic (exact) mass is 230 g/mol. The summed E-state index contributed by atoms with van der Waals surface area (Å²) in [6, 6.07) is 10.7. The third kappa shape index (κ3) is 2.68. The third-order valence-corrected chi connectivity index (χ3v) is 2.67. The zero-order valence-electron chi connectivity index (χ0n) is 9.94. The van der Waals surface area contributed by atoms with E-state index in [0.717, 1.165) is 16.8 Å². The van der Waals surface area contributed by atoms with Crippen LogP contribution in [0.2, 0.25) is 0 Å². The van der Waals surface area contributed by atoms with E-state index >= 15 is 0 Å². The summed E-state index contributed by atoms with van der Waals surface area (Å²) in [5, 5.41) is 3.16. The van der Waals surface area contributed by atoms with E-state index in [0.29, 0.717) is 0 Å². The van der Waals surface area contributed by atoms with Gasteiger partial charge >= 0.3 is 0 Å². The second-order valence-corrected chi connectivity index (χ2v) is 4.04. The first-order chi connectivity index (χ1) is 8.20. The van der Waals surface area contributed by atoms with Crippen LogP contribution >= 0.6 is 0 Å². The molecule has 1 aromatic heterocycles. The Morgan fingerprint density at radius 3 is 2.65 bits per heavy atom. The lowest BCUT2D eigenvalue weighted by atomic mass is 10.0. The first-order valence-corrected chi connectivity index (χ1v) is 5.56. The zero-order chi connectivity index (χ0) is 12.3. The van der Waals surface area contributed by atoms with E-state index in [1.165, 1.54) is 6.07 Å². The van der Waals surface area contributed by atoms with Gasteiger partial charge in [0.15, 0.2) is 0 Å². The summed E-state index contributed by atoms with van der Waals surface area (Å²) in [6.45, 7) is 1.89. The van der Waals surface area contributed by atoms with Crippen molar-refractivity contribution in [3.8, 4) is 0 Å². The van der Waals surface area contributed by atoms with Gasteiger partial charge in [-0.3, -0.25) is 4.98 Å². The smallest absolute Gasteiger partial charge is 0.123 e. The molecule has 2 rings (SSSR count). The Bertz CT molecular complexity index is 477. The fraction of sp³-hybridized carbons (Fsp3) is 0.214. The van der Waals surface area contributed by atoms with Crippen LogP contribution < -0.4 is 5.32 Å². The summed E-state index contributed by atoms with van der Waals surface area (Å²) >= 11 is 0. The number of halogens is 1. The van der Waals surface area contributed by atoms with Gasteiger partial charge in [0.05, 0.1) is 11.7 Å². The van der Waals surface area contributed by atoms with Crippen molar-refractivity contribution in [2.24, 2.45) is 0 Å². The van der Waals surface area contributed by atoms with Gasteiger partial charge in [-0.15, -0.1) is 0 Å². The number of nitrogens with zero attached hydrogens (tertiary/aromatic N) is 1. The number of pyridine rings is 1. The second-order valence-electron chi connectivity index (χ2n) is 4.04. The first-order valence-electron chi connectivity index (χ1n) is 5.56. The van der Waals surface area contributed by atoms with E-state index in [9.17, 15) is 4.39 Å². The van der Waals surface area contributed by atoms with Crippen molar-refractivity contribution in [3.63, 3.8) is 0 Å². The average Bonchev–Trinajstić information content (AvgIpc) is 2.30. The number of aryl methyl sites for hydroxylation is 1. The summed E-state index contributed by atoms with van der Waals surface area (Å²) in [6.07, 6.45) is 1.74. The van der Waals surface area contributed by atoms with Gasteiger partial charge in [-0.1, -0.05) is 12.1 Å². The Labute approximate surface area is 101 Å². The lowest BCUT2D eigenvalue weighted by Gasteiger charge is -2.16. The van der Waals surface area contributed by atoms with Crippen LogP contribution in [-0.4, -0.2) is 12.0 Å². The molecule has 0 bridgehead atoms. The van der Waals surface area contributed by atoms with Crippen molar-refractivity contribution in [2.45, 2.75) is 13.0 Å². The summed E-state index contributed by atoms with van der Waals surface area (Å²) in [7, 11) is 1.85. The highest BCUT2D eigenvalue weighted by atomic mass is 19.1. The highest BCUT2D eigenvalue weighted by molar-refractivity contribution is 5.31. The van der Waals surface area contributed by atoms with Crippen LogP contribution in [0, 0.1) is 12.7 Å². The molecule has 2 aromatic rings. The molecule has 0 aliphatic rings. The van der Waals surface area contributed by atoms with Crippen LogP contribution in [0.1, 0.15) is 22.9 Å². The number of hydrogen-bond acceptors (Lipinski definition) is 2. The summed E-state index contributed by atoms with van der Waals surface area (Å²) in [5.74, 6) is -0.212. The largest absolute Gasteiger partial charge is 0.308 e. The van der Waals surface area contributed by atoms with Crippen LogP contribution in [-0.2, 0) is 0 Å². The molecule has 3 heteroatoms. The number of hydrogen-bond donors (Lipinski definition) is 1. The van der Waals surface area contributed by atoms with E-state index in [1.807, 2.05) is 38.2 Å². The quantitative estimate of drug-likeness (QED) is 0.877. The Morgan fingerprint density at radius 1 is 1.24 bits per heavy atom. The molecule has 17 heavy (non-hydrogen) atoms. The normalized spacial score (nSPS) is 12.4. The van der Waals surface area contributed by atoms with Crippen molar-refractivity contribution >= 4 is 0 Å².